The smallest absolute Gasteiger partial charge is 0.490 e. The minimum Gasteiger partial charge on any atom is -0.497 e. The first kappa shape index (κ1) is 25.6. The average molecular weight is 521 g/mol. The highest BCUT2D eigenvalue weighted by molar-refractivity contribution is 7.09. The Morgan fingerprint density at radius 3 is 2.56 bits per heavy atom. The van der Waals surface area contributed by atoms with Crippen molar-refractivity contribution in [3.63, 3.8) is 0 Å². The normalized spacial score (nSPS) is 16.4. The number of aromatic nitrogens is 3. The van der Waals surface area contributed by atoms with Crippen LogP contribution in [0.15, 0.2) is 60.1 Å². The van der Waals surface area contributed by atoms with E-state index in [9.17, 15) is 13.2 Å². The maximum Gasteiger partial charge on any atom is 0.490 e. The molecule has 0 saturated carbocycles. The second kappa shape index (κ2) is 11.1. The maximum atomic E-state index is 10.6. The Bertz CT molecular complexity index is 1290. The van der Waals surface area contributed by atoms with Gasteiger partial charge in [-0.2, -0.15) is 13.2 Å². The summed E-state index contributed by atoms with van der Waals surface area (Å²) >= 11 is 1.80. The van der Waals surface area contributed by atoms with Crippen molar-refractivity contribution < 1.29 is 32.5 Å². The monoisotopic (exact) mass is 520 g/mol. The highest BCUT2D eigenvalue weighted by Crippen LogP contribution is 2.28. The summed E-state index contributed by atoms with van der Waals surface area (Å²) < 4.78 is 44.9. The number of hydrogen-bond donors (Lipinski definition) is 1. The molecule has 36 heavy (non-hydrogen) atoms. The summed E-state index contributed by atoms with van der Waals surface area (Å²) in [5.74, 6) is -1.91. The Morgan fingerprint density at radius 1 is 1.19 bits per heavy atom. The zero-order chi connectivity index (χ0) is 25.7. The lowest BCUT2D eigenvalue weighted by atomic mass is 10.1. The number of fused-ring (bicyclic) bond motifs is 1. The van der Waals surface area contributed by atoms with Crippen LogP contribution in [0.3, 0.4) is 0 Å². The number of morpholine rings is 1. The van der Waals surface area contributed by atoms with E-state index < -0.39 is 12.1 Å². The molecule has 0 radical (unpaired) electrons. The van der Waals surface area contributed by atoms with Crippen molar-refractivity contribution in [1.82, 2.24) is 19.7 Å². The molecule has 1 aromatic carbocycles. The number of pyridine rings is 1. The van der Waals surface area contributed by atoms with Crippen LogP contribution in [-0.4, -0.2) is 63.8 Å². The molecule has 5 rings (SSSR count). The van der Waals surface area contributed by atoms with Crippen LogP contribution in [0.5, 0.6) is 5.75 Å². The van der Waals surface area contributed by atoms with Gasteiger partial charge in [-0.3, -0.25) is 4.90 Å². The predicted molar refractivity (Wildman–Crippen MR) is 127 cm³/mol. The number of ether oxygens (including phenoxy) is 2. The Hall–Kier alpha value is -3.48. The molecule has 4 aromatic rings. The number of alkyl halides is 3. The third-order valence-electron chi connectivity index (χ3n) is 5.52. The van der Waals surface area contributed by atoms with E-state index >= 15 is 0 Å². The van der Waals surface area contributed by atoms with Gasteiger partial charge in [0, 0.05) is 36.3 Å². The lowest BCUT2D eigenvalue weighted by molar-refractivity contribution is -0.192. The number of aliphatic carboxylic acids is 1. The summed E-state index contributed by atoms with van der Waals surface area (Å²) in [6.07, 6.45) is -3.13. The number of rotatable bonds is 5. The second-order valence-corrected chi connectivity index (χ2v) is 8.96. The summed E-state index contributed by atoms with van der Waals surface area (Å²) in [5.41, 5.74) is 4.09. The molecule has 1 saturated heterocycles. The summed E-state index contributed by atoms with van der Waals surface area (Å²) in [5, 5.41) is 18.1. The van der Waals surface area contributed by atoms with Crippen molar-refractivity contribution in [3.05, 3.63) is 70.7 Å². The lowest BCUT2D eigenvalue weighted by Crippen LogP contribution is -2.37. The van der Waals surface area contributed by atoms with Gasteiger partial charge in [-0.15, -0.1) is 16.4 Å². The number of thiophene rings is 1. The zero-order valence-electron chi connectivity index (χ0n) is 19.2. The number of carbonyl (C=O) groups is 1. The van der Waals surface area contributed by atoms with E-state index in [-0.39, 0.29) is 6.10 Å². The fraction of sp³-hybridized carbons (Fsp3) is 0.292. The predicted octanol–water partition coefficient (Wildman–Crippen LogP) is 4.67. The number of hydrogen-bond acceptors (Lipinski definition) is 7. The van der Waals surface area contributed by atoms with Gasteiger partial charge >= 0.3 is 12.1 Å². The molecule has 190 valence electrons. The molecule has 0 bridgehead atoms. The Balaban J connectivity index is 0.000000384. The van der Waals surface area contributed by atoms with E-state index in [4.69, 9.17) is 19.4 Å². The fourth-order valence-corrected chi connectivity index (χ4v) is 4.48. The molecule has 0 amide bonds. The number of benzene rings is 1. The van der Waals surface area contributed by atoms with E-state index in [1.165, 1.54) is 4.88 Å². The number of halogens is 3. The van der Waals surface area contributed by atoms with Gasteiger partial charge in [0.15, 0.2) is 0 Å². The van der Waals surface area contributed by atoms with Crippen molar-refractivity contribution in [1.29, 1.82) is 0 Å². The summed E-state index contributed by atoms with van der Waals surface area (Å²) in [6, 6.07) is 16.5. The molecule has 0 aliphatic carbocycles. The van der Waals surface area contributed by atoms with Crippen LogP contribution in [0.1, 0.15) is 16.7 Å². The van der Waals surface area contributed by atoms with Gasteiger partial charge in [0.1, 0.15) is 17.5 Å². The van der Waals surface area contributed by atoms with E-state index in [0.717, 1.165) is 47.7 Å². The third-order valence-corrected chi connectivity index (χ3v) is 6.38. The van der Waals surface area contributed by atoms with E-state index in [2.05, 4.69) is 44.9 Å². The van der Waals surface area contributed by atoms with Crippen molar-refractivity contribution in [2.24, 2.45) is 0 Å². The van der Waals surface area contributed by atoms with Gasteiger partial charge < -0.3 is 14.6 Å². The van der Waals surface area contributed by atoms with E-state index in [1.54, 1.807) is 18.4 Å². The molecule has 12 heteroatoms. The van der Waals surface area contributed by atoms with Gasteiger partial charge in [-0.05, 0) is 35.2 Å². The average Bonchev–Trinajstić information content (AvgIpc) is 3.53. The van der Waals surface area contributed by atoms with Crippen LogP contribution in [0.25, 0.3) is 16.6 Å². The lowest BCUT2D eigenvalue weighted by Gasteiger charge is -2.31. The number of methoxy groups -OCH3 is 1. The van der Waals surface area contributed by atoms with Crippen LogP contribution >= 0.6 is 11.3 Å². The van der Waals surface area contributed by atoms with Crippen molar-refractivity contribution in [3.8, 4) is 16.9 Å². The Kier molecular flexibility index (Phi) is 7.87. The highest BCUT2D eigenvalue weighted by Gasteiger charge is 2.38. The molecule has 1 aliphatic rings. The molecule has 1 atom stereocenters. The summed E-state index contributed by atoms with van der Waals surface area (Å²) in [6.45, 7) is 3.43. The molecule has 0 spiro atoms. The topological polar surface area (TPSA) is 89.2 Å². The first-order chi connectivity index (χ1) is 17.2. The molecule has 1 aliphatic heterocycles. The maximum absolute atomic E-state index is 10.6. The van der Waals surface area contributed by atoms with Gasteiger partial charge in [-0.1, -0.05) is 29.5 Å². The zero-order valence-corrected chi connectivity index (χ0v) is 20.0. The van der Waals surface area contributed by atoms with Crippen LogP contribution in [0.2, 0.25) is 0 Å². The SMILES string of the molecule is COc1ccc(-c2ccc3c(C4CN(Cc5cccs5)CCO4)nnn3c2)cc1.O=C(O)C(F)(F)F. The van der Waals surface area contributed by atoms with Crippen molar-refractivity contribution in [2.75, 3.05) is 26.8 Å². The standard InChI is InChI=1S/C22H22N4O2S.C2HF3O2/c1-27-18-7-4-16(5-8-18)17-6-9-20-22(23-24-26(20)13-17)21-15-25(10-11-28-21)14-19-3-2-12-29-19;3-2(4,5)1(6)7/h2-9,12-13,21H,10-11,14-15H2,1H3;(H,6,7). The largest absolute Gasteiger partial charge is 0.497 e. The molecule has 4 heterocycles. The molecule has 1 N–H and O–H groups in total. The van der Waals surface area contributed by atoms with E-state index in [1.807, 2.05) is 35.0 Å². The Morgan fingerprint density at radius 2 is 1.92 bits per heavy atom. The highest BCUT2D eigenvalue weighted by atomic mass is 32.1. The van der Waals surface area contributed by atoms with Crippen LogP contribution in [0.4, 0.5) is 13.2 Å². The molecule has 3 aromatic heterocycles. The molecule has 1 fully saturated rings. The molecular weight excluding hydrogens is 497 g/mol. The van der Waals surface area contributed by atoms with E-state index in [0.29, 0.717) is 6.61 Å². The number of carboxylic acids is 1. The summed E-state index contributed by atoms with van der Waals surface area (Å²) in [7, 11) is 1.67. The van der Waals surface area contributed by atoms with Gasteiger partial charge in [-0.25, -0.2) is 9.31 Å². The molecular formula is C24H23F3N4O4S. The van der Waals surface area contributed by atoms with Gasteiger partial charge in [0.05, 0.1) is 19.2 Å². The molecule has 8 nitrogen and oxygen atoms in total. The third kappa shape index (κ3) is 6.20. The quantitative estimate of drug-likeness (QED) is 0.409. The fourth-order valence-electron chi connectivity index (χ4n) is 3.73. The van der Waals surface area contributed by atoms with Crippen LogP contribution < -0.4 is 4.74 Å². The van der Waals surface area contributed by atoms with Crippen molar-refractivity contribution >= 4 is 22.8 Å². The second-order valence-electron chi connectivity index (χ2n) is 7.93. The molecule has 1 unspecified atom stereocenters. The number of nitrogens with zero attached hydrogens (tertiary/aromatic N) is 4. The van der Waals surface area contributed by atoms with Gasteiger partial charge in [0.25, 0.3) is 0 Å². The van der Waals surface area contributed by atoms with Crippen LogP contribution in [0, 0.1) is 0 Å². The Labute approximate surface area is 208 Å². The first-order valence-corrected chi connectivity index (χ1v) is 11.8. The van der Waals surface area contributed by atoms with Crippen molar-refractivity contribution in [2.45, 2.75) is 18.8 Å². The summed E-state index contributed by atoms with van der Waals surface area (Å²) in [4.78, 5) is 12.7. The number of carboxylic acid groups (broad SMARTS) is 1. The minimum atomic E-state index is -5.08. The van der Waals surface area contributed by atoms with Gasteiger partial charge in [0.2, 0.25) is 0 Å². The first-order valence-electron chi connectivity index (χ1n) is 10.9. The minimum absolute atomic E-state index is 0.0620. The van der Waals surface area contributed by atoms with Crippen LogP contribution in [-0.2, 0) is 16.1 Å².